The molecule has 0 aliphatic heterocycles. The van der Waals surface area contributed by atoms with Crippen molar-refractivity contribution in [2.45, 2.75) is 10.3 Å². The molecule has 0 spiro atoms. The molecule has 1 N–H and O–H groups in total. The van der Waals surface area contributed by atoms with Gasteiger partial charge in [-0.15, -0.1) is 23.2 Å². The van der Waals surface area contributed by atoms with Crippen molar-refractivity contribution in [2.24, 2.45) is 5.92 Å². The van der Waals surface area contributed by atoms with Gasteiger partial charge in [-0.05, 0) is 60.2 Å². The summed E-state index contributed by atoms with van der Waals surface area (Å²) in [4.78, 5) is 27.4. The average Bonchev–Trinajstić information content (AvgIpc) is 3.40. The summed E-state index contributed by atoms with van der Waals surface area (Å²) < 4.78 is 11.8. The van der Waals surface area contributed by atoms with E-state index >= 15 is 0 Å². The monoisotopic (exact) mass is 592 g/mol. The third-order valence-corrected chi connectivity index (χ3v) is 8.15. The smallest absolute Gasteiger partial charge is 0.259 e. The number of nitrogens with one attached hydrogen (secondary N) is 1. The van der Waals surface area contributed by atoms with Gasteiger partial charge in [0, 0.05) is 24.3 Å². The molecule has 0 aromatic heterocycles. The lowest BCUT2D eigenvalue weighted by Crippen LogP contribution is -2.26. The molecule has 11 heteroatoms. The Kier molecular flexibility index (Phi) is 7.50. The quantitative estimate of drug-likeness (QED) is 0.239. The molecule has 35 heavy (non-hydrogen) atoms. The lowest BCUT2D eigenvalue weighted by atomic mass is 10.1. The Morgan fingerprint density at radius 2 is 1.51 bits per heavy atom. The maximum Gasteiger partial charge on any atom is 0.259 e. The molecule has 182 valence electrons. The molecule has 0 bridgehead atoms. The summed E-state index contributed by atoms with van der Waals surface area (Å²) in [5.74, 6) is -2.72. The number of amides is 2. The molecule has 0 heterocycles. The molecule has 2 atom stereocenters. The second kappa shape index (κ2) is 9.97. The number of anilines is 2. The van der Waals surface area contributed by atoms with Crippen LogP contribution < -0.4 is 10.2 Å². The largest absolute Gasteiger partial charge is 0.326 e. The number of alkyl halides is 2. The first-order valence-electron chi connectivity index (χ1n) is 10.1. The van der Waals surface area contributed by atoms with Crippen LogP contribution in [0.25, 0.3) is 0 Å². The maximum absolute atomic E-state index is 13.2. The number of rotatable bonds is 5. The van der Waals surface area contributed by atoms with Crippen molar-refractivity contribution in [3.63, 3.8) is 0 Å². The van der Waals surface area contributed by atoms with Crippen LogP contribution in [0.5, 0.6) is 0 Å². The van der Waals surface area contributed by atoms with Crippen molar-refractivity contribution in [1.29, 1.82) is 0 Å². The van der Waals surface area contributed by atoms with Crippen LogP contribution >= 0.6 is 69.6 Å². The zero-order valence-corrected chi connectivity index (χ0v) is 22.3. The van der Waals surface area contributed by atoms with Gasteiger partial charge in [-0.2, -0.15) is 0 Å². The third-order valence-electron chi connectivity index (χ3n) is 5.68. The van der Waals surface area contributed by atoms with E-state index in [0.29, 0.717) is 16.9 Å². The summed E-state index contributed by atoms with van der Waals surface area (Å²) >= 11 is 37.3. The van der Waals surface area contributed by atoms with Crippen LogP contribution in [0.2, 0.25) is 20.1 Å². The minimum atomic E-state index is -1.39. The van der Waals surface area contributed by atoms with E-state index in [1.807, 2.05) is 0 Å². The van der Waals surface area contributed by atoms with Crippen molar-refractivity contribution in [3.05, 3.63) is 91.6 Å². The van der Waals surface area contributed by atoms with Crippen molar-refractivity contribution in [3.8, 4) is 0 Å². The highest BCUT2D eigenvalue weighted by Gasteiger charge is 2.67. The lowest BCUT2D eigenvalue weighted by molar-refractivity contribution is -0.117. The van der Waals surface area contributed by atoms with Gasteiger partial charge in [0.25, 0.3) is 5.91 Å². The predicted molar refractivity (Wildman–Crippen MR) is 141 cm³/mol. The Morgan fingerprint density at radius 3 is 2.11 bits per heavy atom. The standard InChI is InChI=1S/C24H15Cl6FN2O2/c1-33(14-5-2-12(31)3-6-14)23(35)15-10-13(4-7-16(15)25)32-22(34)20-19(24(20,29)30)11-8-17(26)21(28)18(27)9-11/h2-10,19-20H,1H3,(H,32,34). The van der Waals surface area contributed by atoms with Gasteiger partial charge < -0.3 is 10.2 Å². The van der Waals surface area contributed by atoms with Crippen LogP contribution in [0.4, 0.5) is 15.8 Å². The second-order valence-electron chi connectivity index (χ2n) is 7.95. The number of benzene rings is 3. The first kappa shape index (κ1) is 26.3. The minimum absolute atomic E-state index is 0.142. The normalized spacial score (nSPS) is 18.2. The Bertz CT molecular complexity index is 1310. The molecule has 2 unspecified atom stereocenters. The molecule has 3 aromatic rings. The molecule has 4 nitrogen and oxygen atoms in total. The van der Waals surface area contributed by atoms with Gasteiger partial charge in [0.2, 0.25) is 5.91 Å². The van der Waals surface area contributed by atoms with Gasteiger partial charge in [0.1, 0.15) is 10.2 Å². The predicted octanol–water partition coefficient (Wildman–Crippen LogP) is 8.24. The molecule has 1 fully saturated rings. The van der Waals surface area contributed by atoms with Gasteiger partial charge in [0.05, 0.1) is 31.6 Å². The van der Waals surface area contributed by atoms with E-state index < -0.39 is 33.8 Å². The average molecular weight is 595 g/mol. The van der Waals surface area contributed by atoms with E-state index in [1.54, 1.807) is 18.2 Å². The summed E-state index contributed by atoms with van der Waals surface area (Å²) in [5.41, 5.74) is 1.50. The van der Waals surface area contributed by atoms with E-state index in [2.05, 4.69) is 5.32 Å². The van der Waals surface area contributed by atoms with Crippen LogP contribution in [-0.4, -0.2) is 23.2 Å². The molecule has 0 radical (unpaired) electrons. The molecule has 1 aliphatic carbocycles. The molecule has 1 saturated carbocycles. The van der Waals surface area contributed by atoms with Crippen molar-refractivity contribution >= 4 is 92.8 Å². The second-order valence-corrected chi connectivity index (χ2v) is 11.0. The number of halogens is 7. The van der Waals surface area contributed by atoms with Gasteiger partial charge in [0.15, 0.2) is 0 Å². The van der Waals surface area contributed by atoms with Crippen LogP contribution in [0.15, 0.2) is 54.6 Å². The van der Waals surface area contributed by atoms with E-state index in [4.69, 9.17) is 69.6 Å². The number of nitrogens with zero attached hydrogens (tertiary/aromatic N) is 1. The van der Waals surface area contributed by atoms with Crippen LogP contribution in [0.3, 0.4) is 0 Å². The van der Waals surface area contributed by atoms with E-state index in [9.17, 15) is 14.0 Å². The summed E-state index contributed by atoms with van der Waals surface area (Å²) in [6, 6.07) is 13.0. The summed E-state index contributed by atoms with van der Waals surface area (Å²) in [6.45, 7) is 0. The highest BCUT2D eigenvalue weighted by Crippen LogP contribution is 2.65. The van der Waals surface area contributed by atoms with E-state index in [1.165, 1.54) is 48.3 Å². The summed E-state index contributed by atoms with van der Waals surface area (Å²) in [6.07, 6.45) is 0. The molecule has 1 aliphatic rings. The molecular weight excluding hydrogens is 580 g/mol. The number of carbonyl (C=O) groups is 2. The Labute approximate surface area is 230 Å². The fourth-order valence-corrected chi connectivity index (χ4v) is 5.41. The molecule has 3 aromatic carbocycles. The zero-order chi connectivity index (χ0) is 25.7. The fraction of sp³-hybridized carbons (Fsp3) is 0.167. The van der Waals surface area contributed by atoms with Crippen molar-refractivity contribution in [1.82, 2.24) is 0 Å². The highest BCUT2D eigenvalue weighted by molar-refractivity contribution is 6.54. The Morgan fingerprint density at radius 1 is 0.914 bits per heavy atom. The SMILES string of the molecule is CN(C(=O)c1cc(NC(=O)C2C(c3cc(Cl)c(Cl)c(Cl)c3)C2(Cl)Cl)ccc1Cl)c1ccc(F)cc1. The first-order valence-corrected chi connectivity index (χ1v) is 12.3. The van der Waals surface area contributed by atoms with Gasteiger partial charge in [-0.3, -0.25) is 9.59 Å². The molecule has 4 rings (SSSR count). The number of carbonyl (C=O) groups excluding carboxylic acids is 2. The van der Waals surface area contributed by atoms with Gasteiger partial charge >= 0.3 is 0 Å². The molecule has 0 saturated heterocycles. The summed E-state index contributed by atoms with van der Waals surface area (Å²) in [5, 5.41) is 3.54. The van der Waals surface area contributed by atoms with Crippen LogP contribution in [0, 0.1) is 11.7 Å². The van der Waals surface area contributed by atoms with Gasteiger partial charge in [-0.1, -0.05) is 46.4 Å². The number of hydrogen-bond donors (Lipinski definition) is 1. The van der Waals surface area contributed by atoms with E-state index in [0.717, 1.165) is 0 Å². The van der Waals surface area contributed by atoms with Crippen LogP contribution in [0.1, 0.15) is 21.8 Å². The highest BCUT2D eigenvalue weighted by atomic mass is 35.5. The Balaban J connectivity index is 1.54. The summed E-state index contributed by atoms with van der Waals surface area (Å²) in [7, 11) is 1.53. The minimum Gasteiger partial charge on any atom is -0.326 e. The molecule has 2 amide bonds. The lowest BCUT2D eigenvalue weighted by Gasteiger charge is -2.18. The van der Waals surface area contributed by atoms with Crippen LogP contribution in [-0.2, 0) is 4.79 Å². The van der Waals surface area contributed by atoms with E-state index in [-0.39, 0.29) is 25.7 Å². The zero-order valence-electron chi connectivity index (χ0n) is 17.8. The topological polar surface area (TPSA) is 49.4 Å². The third kappa shape index (κ3) is 5.22. The molecular formula is C24H15Cl6FN2O2. The Hall–Kier alpha value is -1.73. The number of hydrogen-bond acceptors (Lipinski definition) is 2. The first-order chi connectivity index (χ1) is 16.4. The maximum atomic E-state index is 13.2. The van der Waals surface area contributed by atoms with Crippen molar-refractivity contribution < 1.29 is 14.0 Å². The fourth-order valence-electron chi connectivity index (χ4n) is 3.77. The van der Waals surface area contributed by atoms with Gasteiger partial charge in [-0.25, -0.2) is 4.39 Å². The van der Waals surface area contributed by atoms with Crippen molar-refractivity contribution in [2.75, 3.05) is 17.3 Å².